The van der Waals surface area contributed by atoms with E-state index in [1.165, 1.54) is 7.11 Å². The van der Waals surface area contributed by atoms with Gasteiger partial charge in [0.05, 0.1) is 36.6 Å². The predicted molar refractivity (Wildman–Crippen MR) is 157 cm³/mol. The highest BCUT2D eigenvalue weighted by Gasteiger charge is 2.42. The highest BCUT2D eigenvalue weighted by atomic mass is 32.1. The number of aryl methyl sites for hydroxylation is 1. The van der Waals surface area contributed by atoms with Crippen LogP contribution in [0.3, 0.4) is 0 Å². The Hall–Kier alpha value is -4.17. The van der Waals surface area contributed by atoms with E-state index < -0.39 is 0 Å². The molecule has 4 aromatic rings. The Morgan fingerprint density at radius 3 is 2.31 bits per heavy atom. The Bertz CT molecular complexity index is 1480. The molecular formula is C31H32N4O3S. The quantitative estimate of drug-likeness (QED) is 0.220. The van der Waals surface area contributed by atoms with Crippen molar-refractivity contribution < 1.29 is 14.3 Å². The Labute approximate surface area is 234 Å². The lowest BCUT2D eigenvalue weighted by molar-refractivity contribution is 0.0600. The van der Waals surface area contributed by atoms with Gasteiger partial charge in [-0.2, -0.15) is 0 Å². The van der Waals surface area contributed by atoms with Crippen molar-refractivity contribution in [3.8, 4) is 11.4 Å². The predicted octanol–water partition coefficient (Wildman–Crippen LogP) is 6.24. The number of hydrogen-bond donors (Lipinski definition) is 1. The molecule has 2 aromatic carbocycles. The zero-order valence-electron chi connectivity index (χ0n) is 22.7. The van der Waals surface area contributed by atoms with Crippen molar-refractivity contribution >= 4 is 29.0 Å². The number of methoxy groups -OCH3 is 1. The molecule has 0 spiro atoms. The second kappa shape index (κ2) is 10.9. The average molecular weight is 541 g/mol. The van der Waals surface area contributed by atoms with Gasteiger partial charge in [0.15, 0.2) is 5.11 Å². The molecule has 0 bridgehead atoms. The second-order valence-corrected chi connectivity index (χ2v) is 10.2. The van der Waals surface area contributed by atoms with Crippen LogP contribution >= 0.6 is 12.2 Å². The monoisotopic (exact) mass is 540 g/mol. The van der Waals surface area contributed by atoms with Crippen molar-refractivity contribution in [2.45, 2.75) is 45.9 Å². The highest BCUT2D eigenvalue weighted by molar-refractivity contribution is 7.80. The van der Waals surface area contributed by atoms with E-state index in [0.717, 1.165) is 39.8 Å². The van der Waals surface area contributed by atoms with Crippen LogP contribution in [0.25, 0.3) is 5.69 Å². The third-order valence-electron chi connectivity index (χ3n) is 6.92. The van der Waals surface area contributed by atoms with Gasteiger partial charge in [-0.05, 0) is 112 Å². The minimum Gasteiger partial charge on any atom is -0.491 e. The van der Waals surface area contributed by atoms with E-state index in [4.69, 9.17) is 21.7 Å². The number of pyridine rings is 1. The molecule has 1 N–H and O–H groups in total. The molecule has 1 aliphatic heterocycles. The summed E-state index contributed by atoms with van der Waals surface area (Å²) >= 11 is 5.91. The summed E-state index contributed by atoms with van der Waals surface area (Å²) in [5.41, 5.74) is 6.66. The van der Waals surface area contributed by atoms with Gasteiger partial charge in [-0.1, -0.05) is 6.07 Å². The lowest BCUT2D eigenvalue weighted by Crippen LogP contribution is -2.29. The van der Waals surface area contributed by atoms with Gasteiger partial charge in [0.2, 0.25) is 0 Å². The molecular weight excluding hydrogens is 508 g/mol. The maximum absolute atomic E-state index is 12.0. The smallest absolute Gasteiger partial charge is 0.337 e. The van der Waals surface area contributed by atoms with Crippen LogP contribution in [0.2, 0.25) is 0 Å². The van der Waals surface area contributed by atoms with Gasteiger partial charge in [-0.25, -0.2) is 4.79 Å². The minimum atomic E-state index is -0.354. The number of carbonyl (C=O) groups is 1. The van der Waals surface area contributed by atoms with Crippen LogP contribution in [-0.2, 0) is 4.74 Å². The largest absolute Gasteiger partial charge is 0.491 e. The molecule has 7 nitrogen and oxygen atoms in total. The topological polar surface area (TPSA) is 68.6 Å². The number of thiocarbonyl (C=S) groups is 1. The fraction of sp³-hybridized carbons (Fsp3) is 0.258. The molecule has 0 unspecified atom stereocenters. The minimum absolute atomic E-state index is 0.0961. The molecule has 0 amide bonds. The van der Waals surface area contributed by atoms with Crippen molar-refractivity contribution in [1.29, 1.82) is 0 Å². The zero-order valence-corrected chi connectivity index (χ0v) is 23.5. The van der Waals surface area contributed by atoms with Crippen molar-refractivity contribution in [2.24, 2.45) is 0 Å². The van der Waals surface area contributed by atoms with Crippen molar-refractivity contribution in [1.82, 2.24) is 14.9 Å². The van der Waals surface area contributed by atoms with E-state index in [-0.39, 0.29) is 24.2 Å². The van der Waals surface area contributed by atoms with Gasteiger partial charge >= 0.3 is 5.97 Å². The summed E-state index contributed by atoms with van der Waals surface area (Å²) in [5, 5.41) is 4.18. The molecule has 200 valence electrons. The van der Waals surface area contributed by atoms with E-state index >= 15 is 0 Å². The molecule has 39 heavy (non-hydrogen) atoms. The number of nitrogens with zero attached hydrogens (tertiary/aromatic N) is 3. The van der Waals surface area contributed by atoms with Crippen LogP contribution in [0.5, 0.6) is 5.75 Å². The Kier molecular flexibility index (Phi) is 7.39. The Balaban J connectivity index is 1.59. The maximum Gasteiger partial charge on any atom is 0.337 e. The summed E-state index contributed by atoms with van der Waals surface area (Å²) in [5.74, 6) is 0.464. The molecule has 2 aromatic heterocycles. The number of aromatic nitrogens is 2. The first-order valence-electron chi connectivity index (χ1n) is 12.9. The number of ether oxygens (including phenoxy) is 2. The van der Waals surface area contributed by atoms with E-state index in [1.807, 2.05) is 74.6 Å². The Morgan fingerprint density at radius 1 is 1.00 bits per heavy atom. The van der Waals surface area contributed by atoms with Crippen molar-refractivity contribution in [3.05, 3.63) is 107 Å². The normalized spacial score (nSPS) is 16.9. The molecule has 1 saturated heterocycles. The van der Waals surface area contributed by atoms with Gasteiger partial charge in [-0.3, -0.25) is 4.98 Å². The number of esters is 1. The van der Waals surface area contributed by atoms with Gasteiger partial charge in [0.25, 0.3) is 0 Å². The molecule has 0 saturated carbocycles. The van der Waals surface area contributed by atoms with Crippen LogP contribution in [0.15, 0.2) is 79.0 Å². The second-order valence-electron chi connectivity index (χ2n) is 9.86. The first kappa shape index (κ1) is 26.4. The van der Waals surface area contributed by atoms with Gasteiger partial charge < -0.3 is 24.3 Å². The number of hydrogen-bond acceptors (Lipinski definition) is 5. The fourth-order valence-corrected chi connectivity index (χ4v) is 5.60. The first-order chi connectivity index (χ1) is 18.8. The number of carbonyl (C=O) groups excluding carboxylic acids is 1. The van der Waals surface area contributed by atoms with Gasteiger partial charge in [0, 0.05) is 29.0 Å². The van der Waals surface area contributed by atoms with Crippen LogP contribution < -0.4 is 15.0 Å². The van der Waals surface area contributed by atoms with Gasteiger partial charge in [-0.15, -0.1) is 0 Å². The highest BCUT2D eigenvalue weighted by Crippen LogP contribution is 2.44. The SMILES string of the molecule is COC(=O)c1ccc(-n2c(C)cc([C@H]3[C@H](c4ccccn4)NC(=S)N3c3ccc(OC(C)C)cc3)c2C)cc1. The molecule has 0 radical (unpaired) electrons. The summed E-state index contributed by atoms with van der Waals surface area (Å²) in [7, 11) is 1.39. The maximum atomic E-state index is 12.0. The standard InChI is InChI=1S/C31H32N4O3S/c1-19(2)38-25-15-13-24(14-16-25)35-29(28(33-31(35)39)27-8-6-7-17-32-27)26-18-20(3)34(21(26)4)23-11-9-22(10-12-23)30(36)37-5/h6-19,28-29H,1-5H3,(H,33,39)/t28-,29-/m0/s1. The summed E-state index contributed by atoms with van der Waals surface area (Å²) in [6, 6.07) is 23.4. The summed E-state index contributed by atoms with van der Waals surface area (Å²) in [6.45, 7) is 8.23. The summed E-state index contributed by atoms with van der Waals surface area (Å²) in [4.78, 5) is 18.8. The van der Waals surface area contributed by atoms with Crippen LogP contribution in [0, 0.1) is 13.8 Å². The molecule has 3 heterocycles. The summed E-state index contributed by atoms with van der Waals surface area (Å²) in [6.07, 6.45) is 1.91. The number of nitrogens with one attached hydrogen (secondary N) is 1. The molecule has 5 rings (SSSR count). The Morgan fingerprint density at radius 2 is 1.69 bits per heavy atom. The number of anilines is 1. The lowest BCUT2D eigenvalue weighted by atomic mass is 9.96. The fourth-order valence-electron chi connectivity index (χ4n) is 5.26. The van der Waals surface area contributed by atoms with E-state index in [9.17, 15) is 4.79 Å². The van der Waals surface area contributed by atoms with Crippen LogP contribution in [0.1, 0.15) is 58.9 Å². The molecule has 2 atom stereocenters. The van der Waals surface area contributed by atoms with E-state index in [2.05, 4.69) is 39.7 Å². The van der Waals surface area contributed by atoms with Crippen molar-refractivity contribution in [2.75, 3.05) is 12.0 Å². The third-order valence-corrected chi connectivity index (χ3v) is 7.23. The number of benzene rings is 2. The van der Waals surface area contributed by atoms with Crippen molar-refractivity contribution in [3.63, 3.8) is 0 Å². The summed E-state index contributed by atoms with van der Waals surface area (Å²) < 4.78 is 12.9. The molecule has 0 aliphatic carbocycles. The van der Waals surface area contributed by atoms with Gasteiger partial charge in [0.1, 0.15) is 5.75 Å². The van der Waals surface area contributed by atoms with E-state index in [0.29, 0.717) is 10.7 Å². The zero-order chi connectivity index (χ0) is 27.7. The number of rotatable bonds is 7. The molecule has 8 heteroatoms. The molecule has 1 fully saturated rings. The van der Waals surface area contributed by atoms with Crippen LogP contribution in [-0.4, -0.2) is 33.8 Å². The lowest BCUT2D eigenvalue weighted by Gasteiger charge is -2.28. The average Bonchev–Trinajstić information content (AvgIpc) is 3.43. The van der Waals surface area contributed by atoms with E-state index in [1.54, 1.807) is 12.1 Å². The first-order valence-corrected chi connectivity index (χ1v) is 13.3. The molecule has 1 aliphatic rings. The van der Waals surface area contributed by atoms with Crippen LogP contribution in [0.4, 0.5) is 5.69 Å². The third kappa shape index (κ3) is 5.12.